The largest absolute Gasteiger partial charge is 0.437 e. The number of carbonyl (C=O) groups is 1. The van der Waals surface area contributed by atoms with E-state index >= 15 is 0 Å². The summed E-state index contributed by atoms with van der Waals surface area (Å²) in [5.74, 6) is -0.374. The maximum absolute atomic E-state index is 13.3. The fourth-order valence-electron chi connectivity index (χ4n) is 3.88. The van der Waals surface area contributed by atoms with Crippen LogP contribution in [0.3, 0.4) is 0 Å². The number of aryl methyl sites for hydroxylation is 2. The van der Waals surface area contributed by atoms with Crippen LogP contribution >= 0.6 is 0 Å². The van der Waals surface area contributed by atoms with Crippen molar-refractivity contribution in [1.29, 1.82) is 0 Å². The van der Waals surface area contributed by atoms with Gasteiger partial charge in [0.05, 0.1) is 10.6 Å². The second-order valence-corrected chi connectivity index (χ2v) is 12.2. The van der Waals surface area contributed by atoms with Crippen LogP contribution in [0.4, 0.5) is 5.69 Å². The molecule has 0 atom stereocenters. The molecule has 0 unspecified atom stereocenters. The van der Waals surface area contributed by atoms with Gasteiger partial charge in [0, 0.05) is 29.3 Å². The predicted molar refractivity (Wildman–Crippen MR) is 142 cm³/mol. The summed E-state index contributed by atoms with van der Waals surface area (Å²) in [6.45, 7) is 10.4. The number of rotatable bonds is 8. The SMILES string of the molecule is Cc1ccc(C)c(-n2nc(C(=O)NC3CC3)c(C)c2Oc2ccc([N+](=O)[O-])cc2S(=O)(=O)NC(C)(C)C)c1. The molecule has 1 heterocycles. The number of hydrogen-bond acceptors (Lipinski definition) is 7. The van der Waals surface area contributed by atoms with Crippen LogP contribution < -0.4 is 14.8 Å². The molecule has 0 spiro atoms. The van der Waals surface area contributed by atoms with Crippen molar-refractivity contribution in [2.24, 2.45) is 0 Å². The number of carbonyl (C=O) groups excluding carboxylic acids is 1. The molecule has 2 aromatic carbocycles. The first-order valence-electron chi connectivity index (χ1n) is 12.1. The van der Waals surface area contributed by atoms with Gasteiger partial charge in [-0.25, -0.2) is 13.1 Å². The minimum absolute atomic E-state index is 0.104. The number of nitro benzene ring substituents is 1. The van der Waals surface area contributed by atoms with Crippen LogP contribution in [0.15, 0.2) is 41.3 Å². The average molecular weight is 542 g/mol. The predicted octanol–water partition coefficient (Wildman–Crippen LogP) is 4.47. The Morgan fingerprint density at radius 3 is 2.42 bits per heavy atom. The highest BCUT2D eigenvalue weighted by Gasteiger charge is 2.31. The van der Waals surface area contributed by atoms with Crippen LogP contribution in [0.25, 0.3) is 5.69 Å². The third kappa shape index (κ3) is 5.86. The molecule has 1 saturated carbocycles. The Morgan fingerprint density at radius 2 is 1.82 bits per heavy atom. The van der Waals surface area contributed by atoms with E-state index in [-0.39, 0.29) is 29.3 Å². The molecular formula is C26H31N5O6S. The first-order valence-corrected chi connectivity index (χ1v) is 13.6. The standard InChI is InChI=1S/C26H31N5O6S/c1-15-7-8-16(2)20(13-15)30-25(17(3)23(28-30)24(32)27-18-9-10-18)37-21-12-11-19(31(33)34)14-22(21)38(35,36)29-26(4,5)6/h7-8,11-14,18,29H,9-10H2,1-6H3,(H,27,32). The number of nitro groups is 1. The lowest BCUT2D eigenvalue weighted by Gasteiger charge is -2.21. The first kappa shape index (κ1) is 27.3. The van der Waals surface area contributed by atoms with E-state index in [1.807, 2.05) is 32.0 Å². The zero-order valence-corrected chi connectivity index (χ0v) is 23.0. The minimum atomic E-state index is -4.24. The van der Waals surface area contributed by atoms with Gasteiger partial charge in [-0.15, -0.1) is 0 Å². The van der Waals surface area contributed by atoms with E-state index in [1.165, 1.54) is 16.8 Å². The average Bonchev–Trinajstić information content (AvgIpc) is 3.56. The van der Waals surface area contributed by atoms with Crippen LogP contribution in [0.5, 0.6) is 11.6 Å². The molecule has 202 valence electrons. The van der Waals surface area contributed by atoms with Crippen molar-refractivity contribution >= 4 is 21.6 Å². The number of amides is 1. The normalized spacial score (nSPS) is 13.8. The Labute approximate surface area is 221 Å². The number of sulfonamides is 1. The number of nitrogens with one attached hydrogen (secondary N) is 2. The Balaban J connectivity index is 1.89. The zero-order valence-electron chi connectivity index (χ0n) is 22.2. The van der Waals surface area contributed by atoms with Crippen LogP contribution in [0.2, 0.25) is 0 Å². The number of ether oxygens (including phenoxy) is 1. The van der Waals surface area contributed by atoms with E-state index in [0.717, 1.165) is 30.0 Å². The van der Waals surface area contributed by atoms with E-state index in [0.29, 0.717) is 11.3 Å². The molecule has 3 aromatic rings. The van der Waals surface area contributed by atoms with Gasteiger partial charge in [0.1, 0.15) is 10.6 Å². The van der Waals surface area contributed by atoms with Gasteiger partial charge < -0.3 is 10.1 Å². The van der Waals surface area contributed by atoms with Gasteiger partial charge in [-0.1, -0.05) is 12.1 Å². The highest BCUT2D eigenvalue weighted by molar-refractivity contribution is 7.89. The molecule has 1 aliphatic carbocycles. The molecule has 0 radical (unpaired) electrons. The number of hydrogen-bond donors (Lipinski definition) is 2. The van der Waals surface area contributed by atoms with Gasteiger partial charge in [0.15, 0.2) is 5.69 Å². The van der Waals surface area contributed by atoms with Crippen molar-refractivity contribution in [2.45, 2.75) is 70.9 Å². The van der Waals surface area contributed by atoms with Crippen molar-refractivity contribution < 1.29 is 22.9 Å². The summed E-state index contributed by atoms with van der Waals surface area (Å²) in [6, 6.07) is 9.19. The van der Waals surface area contributed by atoms with Gasteiger partial charge in [-0.05, 0) is 77.6 Å². The highest BCUT2D eigenvalue weighted by atomic mass is 32.2. The van der Waals surface area contributed by atoms with E-state index in [1.54, 1.807) is 27.7 Å². The summed E-state index contributed by atoms with van der Waals surface area (Å²) in [4.78, 5) is 23.4. The third-order valence-electron chi connectivity index (χ3n) is 5.86. The molecule has 2 N–H and O–H groups in total. The summed E-state index contributed by atoms with van der Waals surface area (Å²) < 4.78 is 36.8. The summed E-state index contributed by atoms with van der Waals surface area (Å²) in [5, 5.41) is 18.9. The van der Waals surface area contributed by atoms with E-state index in [4.69, 9.17) is 4.74 Å². The van der Waals surface area contributed by atoms with Gasteiger partial charge in [0.25, 0.3) is 11.6 Å². The first-order chi connectivity index (χ1) is 17.7. The van der Waals surface area contributed by atoms with Crippen molar-refractivity contribution in [3.63, 3.8) is 0 Å². The fourth-order valence-corrected chi connectivity index (χ4v) is 5.44. The van der Waals surface area contributed by atoms with Crippen LogP contribution in [-0.4, -0.2) is 40.6 Å². The lowest BCUT2D eigenvalue weighted by molar-refractivity contribution is -0.385. The lowest BCUT2D eigenvalue weighted by Crippen LogP contribution is -2.40. The molecule has 12 heteroatoms. The van der Waals surface area contributed by atoms with Gasteiger partial charge in [-0.3, -0.25) is 14.9 Å². The highest BCUT2D eigenvalue weighted by Crippen LogP contribution is 2.37. The van der Waals surface area contributed by atoms with E-state index in [9.17, 15) is 23.3 Å². The third-order valence-corrected chi connectivity index (χ3v) is 7.64. The van der Waals surface area contributed by atoms with E-state index in [2.05, 4.69) is 15.1 Å². The second kappa shape index (κ2) is 9.84. The van der Waals surface area contributed by atoms with Crippen molar-refractivity contribution in [3.8, 4) is 17.3 Å². The number of nitrogens with zero attached hydrogens (tertiary/aromatic N) is 3. The molecule has 4 rings (SSSR count). The van der Waals surface area contributed by atoms with Crippen LogP contribution in [0.1, 0.15) is 60.8 Å². The monoisotopic (exact) mass is 541 g/mol. The van der Waals surface area contributed by atoms with Crippen molar-refractivity contribution in [1.82, 2.24) is 19.8 Å². The molecule has 38 heavy (non-hydrogen) atoms. The number of aromatic nitrogens is 2. The molecule has 1 amide bonds. The second-order valence-electron chi connectivity index (χ2n) is 10.6. The quantitative estimate of drug-likeness (QED) is 0.316. The molecule has 0 aliphatic heterocycles. The molecule has 0 bridgehead atoms. The van der Waals surface area contributed by atoms with Gasteiger partial charge in [-0.2, -0.15) is 9.78 Å². The summed E-state index contributed by atoms with van der Waals surface area (Å²) in [6.07, 6.45) is 1.80. The fraction of sp³-hybridized carbons (Fsp3) is 0.385. The Hall–Kier alpha value is -3.77. The maximum Gasteiger partial charge on any atom is 0.272 e. The molecule has 11 nitrogen and oxygen atoms in total. The van der Waals surface area contributed by atoms with Gasteiger partial charge in [0.2, 0.25) is 15.9 Å². The maximum atomic E-state index is 13.3. The van der Waals surface area contributed by atoms with Gasteiger partial charge >= 0.3 is 0 Å². The molecular weight excluding hydrogens is 510 g/mol. The lowest BCUT2D eigenvalue weighted by atomic mass is 10.1. The molecule has 1 fully saturated rings. The summed E-state index contributed by atoms with van der Waals surface area (Å²) in [5.41, 5.74) is 1.72. The number of non-ortho nitro benzene ring substituents is 1. The molecule has 1 aliphatic rings. The van der Waals surface area contributed by atoms with Crippen LogP contribution in [0, 0.1) is 30.9 Å². The Kier molecular flexibility index (Phi) is 7.06. The van der Waals surface area contributed by atoms with E-state index < -0.39 is 31.1 Å². The van der Waals surface area contributed by atoms with Crippen LogP contribution in [-0.2, 0) is 10.0 Å². The zero-order chi connectivity index (χ0) is 28.0. The van der Waals surface area contributed by atoms with Crippen molar-refractivity contribution in [3.05, 3.63) is 68.9 Å². The Morgan fingerprint density at radius 1 is 1.13 bits per heavy atom. The minimum Gasteiger partial charge on any atom is -0.437 e. The van der Waals surface area contributed by atoms with Crippen molar-refractivity contribution in [2.75, 3.05) is 0 Å². The smallest absolute Gasteiger partial charge is 0.272 e. The number of benzene rings is 2. The topological polar surface area (TPSA) is 145 Å². The summed E-state index contributed by atoms with van der Waals surface area (Å²) >= 11 is 0. The Bertz CT molecular complexity index is 1530. The molecule has 1 aromatic heterocycles. The molecule has 0 saturated heterocycles. The summed E-state index contributed by atoms with van der Waals surface area (Å²) in [7, 11) is -4.24.